The van der Waals surface area contributed by atoms with E-state index in [1.807, 2.05) is 72.8 Å². The number of anilines is 2. The molecule has 0 amide bonds. The number of benzene rings is 3. The summed E-state index contributed by atoms with van der Waals surface area (Å²) in [6, 6.07) is 27.8. The zero-order valence-electron chi connectivity index (χ0n) is 20.5. The van der Waals surface area contributed by atoms with Gasteiger partial charge in [-0.3, -0.25) is 4.90 Å². The predicted octanol–water partition coefficient (Wildman–Crippen LogP) is 6.33. The van der Waals surface area contributed by atoms with E-state index in [4.69, 9.17) is 4.74 Å². The topological polar surface area (TPSA) is 67.3 Å². The molecule has 36 heavy (non-hydrogen) atoms. The number of hydrogen-bond acceptors (Lipinski definition) is 6. The molecule has 0 spiro atoms. The maximum Gasteiger partial charge on any atom is 0.342 e. The number of ether oxygens (including phenoxy) is 1. The van der Waals surface area contributed by atoms with E-state index in [2.05, 4.69) is 32.5 Å². The Morgan fingerprint density at radius 2 is 1.47 bits per heavy atom. The van der Waals surface area contributed by atoms with Crippen molar-refractivity contribution in [2.45, 2.75) is 25.8 Å². The standard InChI is InChI=1S/C30H30N4O2/c1-36-30(35)27-26(23-11-5-2-6-12-23)28(24-13-7-3-8-14-24)32-33-29(27)31-25-17-15-22(16-18-25)21-34-19-9-4-10-20-34/h2-3,5-8,11-18H,4,9-10,19-21H2,1H3,(H,31,33). The third-order valence-electron chi connectivity index (χ3n) is 6.54. The fraction of sp³-hybridized carbons (Fsp3) is 0.233. The van der Waals surface area contributed by atoms with Crippen molar-refractivity contribution in [1.82, 2.24) is 15.1 Å². The highest BCUT2D eigenvalue weighted by molar-refractivity contribution is 6.05. The number of aromatic nitrogens is 2. The van der Waals surface area contributed by atoms with E-state index in [1.165, 1.54) is 31.9 Å². The molecule has 1 fully saturated rings. The van der Waals surface area contributed by atoms with Crippen LogP contribution >= 0.6 is 0 Å². The fourth-order valence-electron chi connectivity index (χ4n) is 4.71. The average Bonchev–Trinajstić information content (AvgIpc) is 2.95. The van der Waals surface area contributed by atoms with E-state index in [-0.39, 0.29) is 0 Å². The predicted molar refractivity (Wildman–Crippen MR) is 143 cm³/mol. The van der Waals surface area contributed by atoms with Gasteiger partial charge in [-0.1, -0.05) is 79.2 Å². The molecule has 2 heterocycles. The van der Waals surface area contributed by atoms with E-state index in [1.54, 1.807) is 0 Å². The second kappa shape index (κ2) is 11.1. The summed E-state index contributed by atoms with van der Waals surface area (Å²) < 4.78 is 5.22. The molecule has 1 N–H and O–H groups in total. The minimum atomic E-state index is -0.467. The first-order chi connectivity index (χ1) is 17.7. The van der Waals surface area contributed by atoms with Gasteiger partial charge in [0.1, 0.15) is 11.3 Å². The molecule has 6 nitrogen and oxygen atoms in total. The molecular weight excluding hydrogens is 448 g/mol. The summed E-state index contributed by atoms with van der Waals surface area (Å²) in [5.74, 6) is -0.102. The second-order valence-electron chi connectivity index (χ2n) is 9.03. The van der Waals surface area contributed by atoms with E-state index in [0.29, 0.717) is 22.6 Å². The van der Waals surface area contributed by atoms with Crippen molar-refractivity contribution in [3.8, 4) is 22.4 Å². The van der Waals surface area contributed by atoms with Crippen LogP contribution in [0, 0.1) is 0 Å². The lowest BCUT2D eigenvalue weighted by atomic mass is 9.95. The second-order valence-corrected chi connectivity index (χ2v) is 9.03. The van der Waals surface area contributed by atoms with Crippen LogP contribution in [0.15, 0.2) is 84.9 Å². The Morgan fingerprint density at radius 1 is 0.833 bits per heavy atom. The number of nitrogens with one attached hydrogen (secondary N) is 1. The lowest BCUT2D eigenvalue weighted by Gasteiger charge is -2.26. The molecule has 3 aromatic carbocycles. The number of hydrogen-bond donors (Lipinski definition) is 1. The van der Waals surface area contributed by atoms with Crippen molar-refractivity contribution in [3.05, 3.63) is 96.1 Å². The summed E-state index contributed by atoms with van der Waals surface area (Å²) in [6.07, 6.45) is 3.88. The molecule has 0 atom stereocenters. The lowest BCUT2D eigenvalue weighted by Crippen LogP contribution is -2.29. The van der Waals surface area contributed by atoms with E-state index in [0.717, 1.165) is 36.4 Å². The zero-order chi connectivity index (χ0) is 24.7. The first kappa shape index (κ1) is 23.7. The number of nitrogens with zero attached hydrogens (tertiary/aromatic N) is 3. The molecule has 0 aliphatic carbocycles. The first-order valence-electron chi connectivity index (χ1n) is 12.4. The summed E-state index contributed by atoms with van der Waals surface area (Å²) >= 11 is 0. The molecule has 1 aromatic heterocycles. The van der Waals surface area contributed by atoms with Crippen molar-refractivity contribution >= 4 is 17.5 Å². The molecule has 4 aromatic rings. The van der Waals surface area contributed by atoms with Gasteiger partial charge in [0.15, 0.2) is 5.82 Å². The van der Waals surface area contributed by atoms with Gasteiger partial charge in [0, 0.05) is 23.4 Å². The van der Waals surface area contributed by atoms with Crippen LogP contribution in [0.1, 0.15) is 35.2 Å². The summed E-state index contributed by atoms with van der Waals surface area (Å²) in [5.41, 5.74) is 5.52. The molecule has 5 rings (SSSR count). The monoisotopic (exact) mass is 478 g/mol. The first-order valence-corrected chi connectivity index (χ1v) is 12.4. The van der Waals surface area contributed by atoms with Crippen molar-refractivity contribution in [2.75, 3.05) is 25.5 Å². The molecule has 182 valence electrons. The van der Waals surface area contributed by atoms with Crippen LogP contribution in [-0.4, -0.2) is 41.3 Å². The number of methoxy groups -OCH3 is 1. The van der Waals surface area contributed by atoms with E-state index < -0.39 is 5.97 Å². The molecule has 0 unspecified atom stereocenters. The van der Waals surface area contributed by atoms with Crippen LogP contribution in [0.5, 0.6) is 0 Å². The maximum atomic E-state index is 13.1. The van der Waals surface area contributed by atoms with E-state index in [9.17, 15) is 4.79 Å². The van der Waals surface area contributed by atoms with Gasteiger partial charge in [-0.05, 0) is 49.2 Å². The van der Waals surface area contributed by atoms with Gasteiger partial charge in [-0.2, -0.15) is 0 Å². The number of esters is 1. The smallest absolute Gasteiger partial charge is 0.342 e. The number of rotatable bonds is 7. The lowest BCUT2D eigenvalue weighted by molar-refractivity contribution is 0.0602. The van der Waals surface area contributed by atoms with Gasteiger partial charge in [-0.15, -0.1) is 10.2 Å². The van der Waals surface area contributed by atoms with Crippen LogP contribution in [0.25, 0.3) is 22.4 Å². The summed E-state index contributed by atoms with van der Waals surface area (Å²) in [4.78, 5) is 15.6. The van der Waals surface area contributed by atoms with Crippen molar-refractivity contribution in [1.29, 1.82) is 0 Å². The molecule has 1 aliphatic rings. The molecule has 6 heteroatoms. The zero-order valence-corrected chi connectivity index (χ0v) is 20.5. The van der Waals surface area contributed by atoms with Gasteiger partial charge in [0.05, 0.1) is 7.11 Å². The minimum absolute atomic E-state index is 0.356. The van der Waals surface area contributed by atoms with E-state index >= 15 is 0 Å². The Bertz CT molecular complexity index is 1300. The minimum Gasteiger partial charge on any atom is -0.465 e. The Labute approximate surface area is 212 Å². The van der Waals surface area contributed by atoms with Gasteiger partial charge >= 0.3 is 5.97 Å². The Morgan fingerprint density at radius 3 is 2.11 bits per heavy atom. The largest absolute Gasteiger partial charge is 0.465 e. The number of likely N-dealkylation sites (tertiary alicyclic amines) is 1. The highest BCUT2D eigenvalue weighted by Gasteiger charge is 2.25. The van der Waals surface area contributed by atoms with Gasteiger partial charge in [0.25, 0.3) is 0 Å². The van der Waals surface area contributed by atoms with Crippen molar-refractivity contribution in [3.63, 3.8) is 0 Å². The highest BCUT2D eigenvalue weighted by atomic mass is 16.5. The van der Waals surface area contributed by atoms with Crippen LogP contribution < -0.4 is 5.32 Å². The summed E-state index contributed by atoms with van der Waals surface area (Å²) in [6.45, 7) is 3.28. The molecular formula is C30H30N4O2. The van der Waals surface area contributed by atoms with Crippen molar-refractivity contribution < 1.29 is 9.53 Å². The highest BCUT2D eigenvalue weighted by Crippen LogP contribution is 2.37. The summed E-state index contributed by atoms with van der Waals surface area (Å²) in [7, 11) is 1.39. The number of carbonyl (C=O) groups is 1. The maximum absolute atomic E-state index is 13.1. The third-order valence-corrected chi connectivity index (χ3v) is 6.54. The number of piperidine rings is 1. The normalized spacial score (nSPS) is 13.8. The molecule has 0 saturated carbocycles. The Hall–Kier alpha value is -4.03. The van der Waals surface area contributed by atoms with Crippen LogP contribution in [-0.2, 0) is 11.3 Å². The molecule has 0 bridgehead atoms. The van der Waals surface area contributed by atoms with Gasteiger partial charge in [-0.25, -0.2) is 4.79 Å². The van der Waals surface area contributed by atoms with Crippen molar-refractivity contribution in [2.24, 2.45) is 0 Å². The van der Waals surface area contributed by atoms with Gasteiger partial charge < -0.3 is 10.1 Å². The van der Waals surface area contributed by atoms with Crippen LogP contribution in [0.3, 0.4) is 0 Å². The quantitative estimate of drug-likeness (QED) is 0.313. The summed E-state index contributed by atoms with van der Waals surface area (Å²) in [5, 5.41) is 12.3. The van der Waals surface area contributed by atoms with Crippen LogP contribution in [0.4, 0.5) is 11.5 Å². The number of carbonyl (C=O) groups excluding carboxylic acids is 1. The molecule has 0 radical (unpaired) electrons. The van der Waals surface area contributed by atoms with Gasteiger partial charge in [0.2, 0.25) is 0 Å². The fourth-order valence-corrected chi connectivity index (χ4v) is 4.71. The van der Waals surface area contributed by atoms with Crippen LogP contribution in [0.2, 0.25) is 0 Å². The molecule has 1 saturated heterocycles. The SMILES string of the molecule is COC(=O)c1c(Nc2ccc(CN3CCCCC3)cc2)nnc(-c2ccccc2)c1-c1ccccc1. The Balaban J connectivity index is 1.52. The molecule has 1 aliphatic heterocycles. The average molecular weight is 479 g/mol. The third kappa shape index (κ3) is 5.29. The Kier molecular flexibility index (Phi) is 7.33.